The molecule has 11 heteroatoms. The van der Waals surface area contributed by atoms with E-state index < -0.39 is 17.5 Å². The van der Waals surface area contributed by atoms with Crippen molar-refractivity contribution < 1.29 is 23.5 Å². The van der Waals surface area contributed by atoms with Crippen LogP contribution in [0.25, 0.3) is 11.5 Å². The van der Waals surface area contributed by atoms with E-state index >= 15 is 0 Å². The number of rotatable bonds is 6. The van der Waals surface area contributed by atoms with Gasteiger partial charge >= 0.3 is 6.01 Å². The van der Waals surface area contributed by atoms with Gasteiger partial charge in [0.15, 0.2) is 0 Å². The minimum Gasteiger partial charge on any atom is -0.496 e. The van der Waals surface area contributed by atoms with E-state index in [1.165, 1.54) is 4.90 Å². The number of piperidine rings is 1. The predicted octanol–water partition coefficient (Wildman–Crippen LogP) is 3.57. The minimum absolute atomic E-state index is 0.198. The second-order valence-electron chi connectivity index (χ2n) is 9.71. The monoisotopic (exact) mass is 521 g/mol. The van der Waals surface area contributed by atoms with Crippen LogP contribution in [0.1, 0.15) is 52.7 Å². The highest BCUT2D eigenvalue weighted by Crippen LogP contribution is 2.50. The molecule has 37 heavy (non-hydrogen) atoms. The van der Waals surface area contributed by atoms with Crippen LogP contribution >= 0.6 is 11.6 Å². The van der Waals surface area contributed by atoms with Crippen LogP contribution in [-0.4, -0.2) is 46.0 Å². The zero-order valence-corrected chi connectivity index (χ0v) is 21.0. The molecule has 1 aliphatic carbocycles. The Morgan fingerprint density at radius 1 is 1.16 bits per heavy atom. The topological polar surface area (TPSA) is 127 Å². The maximum absolute atomic E-state index is 13.3. The third-order valence-corrected chi connectivity index (χ3v) is 7.60. The van der Waals surface area contributed by atoms with Crippen LogP contribution in [0.2, 0.25) is 5.02 Å². The molecule has 3 heterocycles. The Morgan fingerprint density at radius 2 is 1.97 bits per heavy atom. The first kappa shape index (κ1) is 23.5. The van der Waals surface area contributed by atoms with Crippen molar-refractivity contribution in [1.82, 2.24) is 20.4 Å². The van der Waals surface area contributed by atoms with Crippen LogP contribution in [0, 0.1) is 6.92 Å². The molecule has 1 saturated heterocycles. The fourth-order valence-corrected chi connectivity index (χ4v) is 5.34. The molecule has 1 aromatic heterocycles. The van der Waals surface area contributed by atoms with Crippen molar-refractivity contribution in [2.24, 2.45) is 0 Å². The van der Waals surface area contributed by atoms with Gasteiger partial charge in [-0.3, -0.25) is 19.7 Å². The molecule has 2 fully saturated rings. The van der Waals surface area contributed by atoms with Crippen LogP contribution in [0.4, 0.5) is 6.01 Å². The van der Waals surface area contributed by atoms with E-state index in [-0.39, 0.29) is 30.8 Å². The Balaban J connectivity index is 1.25. The molecule has 2 N–H and O–H groups in total. The zero-order valence-electron chi connectivity index (χ0n) is 20.3. The third kappa shape index (κ3) is 4.01. The molecule has 0 bridgehead atoms. The first-order valence-electron chi connectivity index (χ1n) is 12.0. The van der Waals surface area contributed by atoms with Crippen molar-refractivity contribution in [1.29, 1.82) is 0 Å². The van der Waals surface area contributed by atoms with Crippen molar-refractivity contribution in [3.8, 4) is 17.2 Å². The number of fused-ring (bicyclic) bond motifs is 1. The summed E-state index contributed by atoms with van der Waals surface area (Å²) in [6.45, 7) is 2.20. The number of benzene rings is 2. The molecule has 190 valence electrons. The standard InChI is InChI=1S/C26H24ClN5O5/c1-13-3-4-15(20(9-13)36-2)23-30-31-25(37-23)29-26(7-8-26)14-10-16-17(18(27)11-14)12-32(24(16)35)19-5-6-21(33)28-22(19)34/h3-4,9-11,19H,5-8,12H2,1-2H3,(H,29,31)(H,28,33,34). The van der Waals surface area contributed by atoms with E-state index in [1.807, 2.05) is 37.3 Å². The number of aromatic nitrogens is 2. The molecule has 1 saturated carbocycles. The first-order chi connectivity index (χ1) is 17.8. The number of amides is 3. The average Bonchev–Trinajstić information content (AvgIpc) is 3.38. The highest BCUT2D eigenvalue weighted by Gasteiger charge is 2.48. The number of ether oxygens (including phenoxy) is 1. The summed E-state index contributed by atoms with van der Waals surface area (Å²) in [6, 6.07) is 8.95. The summed E-state index contributed by atoms with van der Waals surface area (Å²) < 4.78 is 11.4. The number of hydrogen-bond acceptors (Lipinski definition) is 8. The van der Waals surface area contributed by atoms with E-state index in [0.717, 1.165) is 24.0 Å². The zero-order chi connectivity index (χ0) is 25.9. The van der Waals surface area contributed by atoms with E-state index in [9.17, 15) is 14.4 Å². The second kappa shape index (κ2) is 8.58. The van der Waals surface area contributed by atoms with Gasteiger partial charge in [-0.05, 0) is 61.6 Å². The highest BCUT2D eigenvalue weighted by atomic mass is 35.5. The number of carbonyl (C=O) groups excluding carboxylic acids is 3. The summed E-state index contributed by atoms with van der Waals surface area (Å²) in [5, 5.41) is 14.5. The molecule has 0 radical (unpaired) electrons. The number of carbonyl (C=O) groups is 3. The molecule has 6 rings (SSSR count). The van der Waals surface area contributed by atoms with Gasteiger partial charge in [-0.15, -0.1) is 5.10 Å². The van der Waals surface area contributed by atoms with E-state index in [0.29, 0.717) is 39.8 Å². The van der Waals surface area contributed by atoms with Gasteiger partial charge in [0.25, 0.3) is 11.8 Å². The molecule has 0 spiro atoms. The molecule has 3 aromatic rings. The molecule has 1 atom stereocenters. The van der Waals surface area contributed by atoms with Crippen LogP contribution in [0.15, 0.2) is 34.7 Å². The molecular formula is C26H24ClN5O5. The third-order valence-electron chi connectivity index (χ3n) is 7.26. The second-order valence-corrected chi connectivity index (χ2v) is 10.1. The van der Waals surface area contributed by atoms with Gasteiger partial charge in [0, 0.05) is 29.1 Å². The predicted molar refractivity (Wildman–Crippen MR) is 133 cm³/mol. The Morgan fingerprint density at radius 3 is 2.70 bits per heavy atom. The Labute approximate surface area is 217 Å². The van der Waals surface area contributed by atoms with Crippen LogP contribution in [0.3, 0.4) is 0 Å². The molecule has 10 nitrogen and oxygen atoms in total. The van der Waals surface area contributed by atoms with Crippen LogP contribution in [-0.2, 0) is 21.7 Å². The molecular weight excluding hydrogens is 498 g/mol. The molecule has 2 aromatic carbocycles. The van der Waals surface area contributed by atoms with Gasteiger partial charge < -0.3 is 19.4 Å². The number of nitrogens with zero attached hydrogens (tertiary/aromatic N) is 3. The normalized spacial score (nSPS) is 20.0. The maximum atomic E-state index is 13.3. The summed E-state index contributed by atoms with van der Waals surface area (Å²) in [6.07, 6.45) is 2.08. The summed E-state index contributed by atoms with van der Waals surface area (Å²) in [7, 11) is 1.59. The van der Waals surface area contributed by atoms with Crippen LogP contribution in [0.5, 0.6) is 5.75 Å². The Bertz CT molecular complexity index is 1460. The number of nitrogens with one attached hydrogen (secondary N) is 2. The number of imide groups is 1. The smallest absolute Gasteiger partial charge is 0.316 e. The number of anilines is 1. The fraction of sp³-hybridized carbons (Fsp3) is 0.346. The maximum Gasteiger partial charge on any atom is 0.316 e. The lowest BCUT2D eigenvalue weighted by Gasteiger charge is -2.29. The SMILES string of the molecule is COc1cc(C)ccc1-c1nnc(NC2(c3cc(Cl)c4c(c3)C(=O)N(C3CCC(=O)NC3=O)C4)CC2)o1. The van der Waals surface area contributed by atoms with Crippen molar-refractivity contribution in [3.05, 3.63) is 57.6 Å². The molecule has 3 aliphatic rings. The minimum atomic E-state index is -0.694. The lowest BCUT2D eigenvalue weighted by Crippen LogP contribution is -2.52. The summed E-state index contributed by atoms with van der Waals surface area (Å²) in [4.78, 5) is 38.7. The summed E-state index contributed by atoms with van der Waals surface area (Å²) in [5.41, 5.74) is 3.23. The van der Waals surface area contributed by atoms with E-state index in [4.69, 9.17) is 20.8 Å². The van der Waals surface area contributed by atoms with Gasteiger partial charge in [0.2, 0.25) is 11.8 Å². The largest absolute Gasteiger partial charge is 0.496 e. The van der Waals surface area contributed by atoms with Crippen LogP contribution < -0.4 is 15.4 Å². The van der Waals surface area contributed by atoms with Gasteiger partial charge in [0.1, 0.15) is 11.8 Å². The van der Waals surface area contributed by atoms with Gasteiger partial charge in [0.05, 0.1) is 18.2 Å². The number of halogens is 1. The molecule has 2 aliphatic heterocycles. The quantitative estimate of drug-likeness (QED) is 0.471. The summed E-state index contributed by atoms with van der Waals surface area (Å²) >= 11 is 6.64. The first-order valence-corrected chi connectivity index (χ1v) is 12.4. The highest BCUT2D eigenvalue weighted by molar-refractivity contribution is 6.32. The Kier molecular flexibility index (Phi) is 5.45. The van der Waals surface area contributed by atoms with Crippen molar-refractivity contribution >= 4 is 35.3 Å². The fourth-order valence-electron chi connectivity index (χ4n) is 5.07. The lowest BCUT2D eigenvalue weighted by molar-refractivity contribution is -0.136. The van der Waals surface area contributed by atoms with E-state index in [2.05, 4.69) is 20.8 Å². The number of aryl methyl sites for hydroxylation is 1. The van der Waals surface area contributed by atoms with Crippen molar-refractivity contribution in [2.75, 3.05) is 12.4 Å². The number of hydrogen-bond donors (Lipinski definition) is 2. The van der Waals surface area contributed by atoms with E-state index in [1.54, 1.807) is 7.11 Å². The van der Waals surface area contributed by atoms with Crippen molar-refractivity contribution in [2.45, 2.75) is 50.7 Å². The van der Waals surface area contributed by atoms with Gasteiger partial charge in [-0.2, -0.15) is 0 Å². The molecule has 3 amide bonds. The molecule has 1 unspecified atom stereocenters. The van der Waals surface area contributed by atoms with Crippen molar-refractivity contribution in [3.63, 3.8) is 0 Å². The van der Waals surface area contributed by atoms with Gasteiger partial charge in [-0.1, -0.05) is 22.8 Å². The summed E-state index contributed by atoms with van der Waals surface area (Å²) in [5.74, 6) is -0.0717. The lowest BCUT2D eigenvalue weighted by atomic mass is 9.99. The van der Waals surface area contributed by atoms with Gasteiger partial charge in [-0.25, -0.2) is 0 Å². The Hall–Kier alpha value is -3.92. The number of methoxy groups -OCH3 is 1. The average molecular weight is 522 g/mol.